The smallest absolute Gasteiger partial charge is 0.423 e. The van der Waals surface area contributed by atoms with E-state index in [1.165, 1.54) is 0 Å². The van der Waals surface area contributed by atoms with Crippen LogP contribution in [0.15, 0.2) is 18.2 Å². The molecule has 0 fully saturated rings. The van der Waals surface area contributed by atoms with Crippen molar-refractivity contribution in [2.45, 2.75) is 5.33 Å². The van der Waals surface area contributed by atoms with Gasteiger partial charge in [0.25, 0.3) is 0 Å². The molecular weight excluding hydrogens is 221 g/mol. The fourth-order valence-corrected chi connectivity index (χ4v) is 1.48. The van der Waals surface area contributed by atoms with Crippen LogP contribution in [0.1, 0.15) is 5.56 Å². The van der Waals surface area contributed by atoms with Crippen LogP contribution in [0.25, 0.3) is 0 Å². The molecule has 1 rings (SSSR count). The molecule has 3 nitrogen and oxygen atoms in total. The Morgan fingerprint density at radius 3 is 2.58 bits per heavy atom. The third kappa shape index (κ3) is 2.00. The minimum Gasteiger partial charge on any atom is -0.423 e. The van der Waals surface area contributed by atoms with E-state index in [1.54, 1.807) is 18.2 Å². The predicted octanol–water partition coefficient (Wildman–Crippen LogP) is -0.156. The fraction of sp³-hybridized carbons (Fsp3) is 0.143. The summed E-state index contributed by atoms with van der Waals surface area (Å²) in [5, 5.41) is 18.4. The van der Waals surface area contributed by atoms with Crippen molar-refractivity contribution >= 4 is 34.2 Å². The summed E-state index contributed by atoms with van der Waals surface area (Å²) in [6.07, 6.45) is 0. The van der Waals surface area contributed by atoms with Crippen LogP contribution < -0.4 is 11.2 Å². The molecule has 12 heavy (non-hydrogen) atoms. The quantitative estimate of drug-likeness (QED) is 0.375. The average Bonchev–Trinajstić information content (AvgIpc) is 2.03. The van der Waals surface area contributed by atoms with Crippen molar-refractivity contribution < 1.29 is 10.0 Å². The maximum atomic E-state index is 8.92. The molecule has 0 aliphatic rings. The van der Waals surface area contributed by atoms with E-state index in [2.05, 4.69) is 15.9 Å². The Morgan fingerprint density at radius 1 is 1.42 bits per heavy atom. The molecule has 1 aromatic carbocycles. The Labute approximate surface area is 79.5 Å². The van der Waals surface area contributed by atoms with Gasteiger partial charge >= 0.3 is 7.12 Å². The number of nitrogens with two attached hydrogens (primary N) is 1. The molecule has 4 N–H and O–H groups in total. The summed E-state index contributed by atoms with van der Waals surface area (Å²) in [5.41, 5.74) is 7.42. The molecule has 0 spiro atoms. The van der Waals surface area contributed by atoms with Gasteiger partial charge in [-0.1, -0.05) is 22.0 Å². The van der Waals surface area contributed by atoms with Gasteiger partial charge in [-0.05, 0) is 23.2 Å². The van der Waals surface area contributed by atoms with Crippen LogP contribution in [0.3, 0.4) is 0 Å². The highest BCUT2D eigenvalue weighted by Crippen LogP contribution is 2.08. The van der Waals surface area contributed by atoms with Crippen molar-refractivity contribution in [3.63, 3.8) is 0 Å². The minimum absolute atomic E-state index is 0.487. The maximum Gasteiger partial charge on any atom is 0.488 e. The van der Waals surface area contributed by atoms with Crippen LogP contribution in [-0.4, -0.2) is 17.2 Å². The molecule has 0 aliphatic carbocycles. The normalized spacial score (nSPS) is 9.92. The standard InChI is InChI=1S/C7H9BBrNO2/c9-4-5-3-6(10)1-2-7(5)8(11)12/h1-3,11-12H,4,10H2. The molecular formula is C7H9BBrNO2. The highest BCUT2D eigenvalue weighted by molar-refractivity contribution is 9.08. The van der Waals surface area contributed by atoms with Crippen LogP contribution in [0.4, 0.5) is 5.69 Å². The molecule has 0 amide bonds. The van der Waals surface area contributed by atoms with Crippen LogP contribution in [0.5, 0.6) is 0 Å². The zero-order valence-electron chi connectivity index (χ0n) is 6.37. The summed E-state index contributed by atoms with van der Waals surface area (Å²) in [6.45, 7) is 0. The van der Waals surface area contributed by atoms with E-state index in [1.807, 2.05) is 0 Å². The van der Waals surface area contributed by atoms with E-state index in [-0.39, 0.29) is 0 Å². The van der Waals surface area contributed by atoms with Crippen molar-refractivity contribution in [3.8, 4) is 0 Å². The molecule has 0 radical (unpaired) electrons. The molecule has 0 heterocycles. The number of alkyl halides is 1. The molecule has 0 atom stereocenters. The first kappa shape index (κ1) is 9.57. The van der Waals surface area contributed by atoms with Crippen molar-refractivity contribution in [3.05, 3.63) is 23.8 Å². The Bertz CT molecular complexity index is 280. The Kier molecular flexibility index (Phi) is 3.14. The second kappa shape index (κ2) is 3.93. The first-order chi connectivity index (χ1) is 5.65. The van der Waals surface area contributed by atoms with Gasteiger partial charge in [0, 0.05) is 11.0 Å². The molecule has 0 aromatic heterocycles. The van der Waals surface area contributed by atoms with Crippen LogP contribution in [0, 0.1) is 0 Å². The van der Waals surface area contributed by atoms with Gasteiger partial charge in [-0.15, -0.1) is 0 Å². The van der Waals surface area contributed by atoms with Crippen molar-refractivity contribution in [1.29, 1.82) is 0 Å². The van der Waals surface area contributed by atoms with Gasteiger partial charge < -0.3 is 15.8 Å². The van der Waals surface area contributed by atoms with Gasteiger partial charge in [-0.25, -0.2) is 0 Å². The highest BCUT2D eigenvalue weighted by atomic mass is 79.9. The van der Waals surface area contributed by atoms with Gasteiger partial charge in [-0.2, -0.15) is 0 Å². The number of anilines is 1. The van der Waals surface area contributed by atoms with Crippen LogP contribution in [0.2, 0.25) is 0 Å². The highest BCUT2D eigenvalue weighted by Gasteiger charge is 2.14. The Balaban J connectivity index is 3.11. The van der Waals surface area contributed by atoms with E-state index in [4.69, 9.17) is 15.8 Å². The second-order valence-electron chi connectivity index (χ2n) is 2.47. The molecule has 0 unspecified atom stereocenters. The number of nitrogen functional groups attached to an aromatic ring is 1. The first-order valence-electron chi connectivity index (χ1n) is 3.45. The molecule has 64 valence electrons. The lowest BCUT2D eigenvalue weighted by Crippen LogP contribution is -2.32. The summed E-state index contributed by atoms with van der Waals surface area (Å²) < 4.78 is 0. The number of halogens is 1. The number of benzene rings is 1. The SMILES string of the molecule is Nc1ccc(B(O)O)c(CBr)c1. The van der Waals surface area contributed by atoms with E-state index < -0.39 is 7.12 Å². The number of rotatable bonds is 2. The summed E-state index contributed by atoms with van der Waals surface area (Å²) in [7, 11) is -1.43. The zero-order valence-corrected chi connectivity index (χ0v) is 7.95. The summed E-state index contributed by atoms with van der Waals surface area (Å²) in [4.78, 5) is 0. The van der Waals surface area contributed by atoms with Gasteiger partial charge in [0.05, 0.1) is 0 Å². The minimum atomic E-state index is -1.43. The van der Waals surface area contributed by atoms with Gasteiger partial charge in [0.15, 0.2) is 0 Å². The lowest BCUT2D eigenvalue weighted by atomic mass is 9.77. The molecule has 1 aromatic rings. The van der Waals surface area contributed by atoms with Crippen molar-refractivity contribution in [2.24, 2.45) is 0 Å². The summed E-state index contributed by atoms with van der Waals surface area (Å²) in [5.74, 6) is 0. The number of hydrogen-bond donors (Lipinski definition) is 3. The largest absolute Gasteiger partial charge is 0.488 e. The van der Waals surface area contributed by atoms with Crippen LogP contribution in [-0.2, 0) is 5.33 Å². The summed E-state index contributed by atoms with van der Waals surface area (Å²) >= 11 is 3.23. The second-order valence-corrected chi connectivity index (χ2v) is 3.03. The molecule has 0 saturated carbocycles. The third-order valence-electron chi connectivity index (χ3n) is 1.59. The van der Waals surface area contributed by atoms with E-state index in [9.17, 15) is 0 Å². The first-order valence-corrected chi connectivity index (χ1v) is 4.57. The molecule has 5 heteroatoms. The number of hydrogen-bond acceptors (Lipinski definition) is 3. The molecule has 0 bridgehead atoms. The third-order valence-corrected chi connectivity index (χ3v) is 2.19. The van der Waals surface area contributed by atoms with Gasteiger partial charge in [0.2, 0.25) is 0 Å². The topological polar surface area (TPSA) is 66.5 Å². The average molecular weight is 230 g/mol. The van der Waals surface area contributed by atoms with E-state index in [0.717, 1.165) is 5.56 Å². The van der Waals surface area contributed by atoms with Gasteiger partial charge in [-0.3, -0.25) is 0 Å². The Morgan fingerprint density at radius 2 is 2.08 bits per heavy atom. The fourth-order valence-electron chi connectivity index (χ4n) is 0.993. The molecule has 0 saturated heterocycles. The Hall–Kier alpha value is -0.515. The lowest BCUT2D eigenvalue weighted by Gasteiger charge is -2.06. The maximum absolute atomic E-state index is 8.92. The predicted molar refractivity (Wildman–Crippen MR) is 53.3 cm³/mol. The van der Waals surface area contributed by atoms with Crippen LogP contribution >= 0.6 is 15.9 Å². The zero-order chi connectivity index (χ0) is 9.14. The monoisotopic (exact) mass is 229 g/mol. The van der Waals surface area contributed by atoms with Gasteiger partial charge in [0.1, 0.15) is 0 Å². The van der Waals surface area contributed by atoms with Crippen molar-refractivity contribution in [2.75, 3.05) is 5.73 Å². The van der Waals surface area contributed by atoms with E-state index in [0.29, 0.717) is 16.5 Å². The lowest BCUT2D eigenvalue weighted by molar-refractivity contribution is 0.425. The van der Waals surface area contributed by atoms with Crippen molar-refractivity contribution in [1.82, 2.24) is 0 Å². The molecule has 0 aliphatic heterocycles. The summed E-state index contributed by atoms with van der Waals surface area (Å²) in [6, 6.07) is 4.96. The van der Waals surface area contributed by atoms with E-state index >= 15 is 0 Å².